The fraction of sp³-hybridized carbons (Fsp3) is 0.105. The van der Waals surface area contributed by atoms with Gasteiger partial charge < -0.3 is 19.6 Å². The standard InChI is InChI=1S/C19H16ClNO4/c1-12-5-4-6-14(20)18(12)24-11-13-9-10-17(25-13)19(23)21-15-7-2-3-8-16(15)22/h2-10,22H,11H2,1H3,(H,21,23). The summed E-state index contributed by atoms with van der Waals surface area (Å²) < 4.78 is 11.2. The second-order valence-electron chi connectivity index (χ2n) is 5.41. The highest BCUT2D eigenvalue weighted by atomic mass is 35.5. The van der Waals surface area contributed by atoms with E-state index in [-0.39, 0.29) is 18.1 Å². The molecule has 0 fully saturated rings. The van der Waals surface area contributed by atoms with Crippen LogP contribution in [0.25, 0.3) is 0 Å². The number of anilines is 1. The Bertz CT molecular complexity index is 884. The Labute approximate surface area is 149 Å². The first-order chi connectivity index (χ1) is 12.0. The number of phenols is 1. The van der Waals surface area contributed by atoms with E-state index in [1.165, 1.54) is 6.07 Å². The minimum atomic E-state index is -0.457. The number of benzene rings is 2. The Morgan fingerprint density at radius 2 is 1.96 bits per heavy atom. The predicted molar refractivity (Wildman–Crippen MR) is 95.3 cm³/mol. The maximum absolute atomic E-state index is 12.2. The molecule has 0 saturated carbocycles. The molecule has 3 rings (SSSR count). The van der Waals surface area contributed by atoms with Gasteiger partial charge in [0.05, 0.1) is 10.7 Å². The molecule has 2 aromatic carbocycles. The van der Waals surface area contributed by atoms with Crippen LogP contribution in [0.3, 0.4) is 0 Å². The second-order valence-corrected chi connectivity index (χ2v) is 5.82. The van der Waals surface area contributed by atoms with Crippen LogP contribution in [0.1, 0.15) is 21.9 Å². The number of carbonyl (C=O) groups excluding carboxylic acids is 1. The maximum Gasteiger partial charge on any atom is 0.291 e. The molecule has 25 heavy (non-hydrogen) atoms. The molecule has 1 aromatic heterocycles. The van der Waals surface area contributed by atoms with Gasteiger partial charge in [-0.15, -0.1) is 0 Å². The fourth-order valence-electron chi connectivity index (χ4n) is 2.28. The van der Waals surface area contributed by atoms with Crippen LogP contribution in [-0.2, 0) is 6.61 Å². The molecule has 0 unspecified atom stereocenters. The molecule has 0 spiro atoms. The maximum atomic E-state index is 12.2. The number of hydrogen-bond donors (Lipinski definition) is 2. The van der Waals surface area contributed by atoms with Gasteiger partial charge in [0.1, 0.15) is 23.9 Å². The van der Waals surface area contributed by atoms with Crippen molar-refractivity contribution in [2.24, 2.45) is 0 Å². The van der Waals surface area contributed by atoms with Gasteiger partial charge in [-0.1, -0.05) is 35.9 Å². The summed E-state index contributed by atoms with van der Waals surface area (Å²) >= 11 is 6.11. The number of para-hydroxylation sites is 3. The number of carbonyl (C=O) groups is 1. The summed E-state index contributed by atoms with van der Waals surface area (Å²) in [6, 6.07) is 15.2. The van der Waals surface area contributed by atoms with Crippen LogP contribution in [0.5, 0.6) is 11.5 Å². The van der Waals surface area contributed by atoms with Gasteiger partial charge in [-0.3, -0.25) is 4.79 Å². The smallest absolute Gasteiger partial charge is 0.291 e. The number of ether oxygens (including phenoxy) is 1. The molecule has 0 atom stereocenters. The van der Waals surface area contributed by atoms with Crippen molar-refractivity contribution in [2.45, 2.75) is 13.5 Å². The zero-order valence-electron chi connectivity index (χ0n) is 13.5. The van der Waals surface area contributed by atoms with Gasteiger partial charge in [-0.05, 0) is 42.8 Å². The Kier molecular flexibility index (Phi) is 4.95. The van der Waals surface area contributed by atoms with Gasteiger partial charge in [0.15, 0.2) is 5.76 Å². The normalized spacial score (nSPS) is 10.5. The summed E-state index contributed by atoms with van der Waals surface area (Å²) in [5, 5.41) is 12.8. The summed E-state index contributed by atoms with van der Waals surface area (Å²) in [5.74, 6) is 0.724. The molecule has 0 radical (unpaired) electrons. The Hall–Kier alpha value is -2.92. The van der Waals surface area contributed by atoms with E-state index in [1.54, 1.807) is 36.4 Å². The van der Waals surface area contributed by atoms with Crippen LogP contribution >= 0.6 is 11.6 Å². The van der Waals surface area contributed by atoms with E-state index < -0.39 is 5.91 Å². The molecule has 0 bridgehead atoms. The van der Waals surface area contributed by atoms with Crippen molar-refractivity contribution in [1.82, 2.24) is 0 Å². The van der Waals surface area contributed by atoms with Crippen LogP contribution < -0.4 is 10.1 Å². The summed E-state index contributed by atoms with van der Waals surface area (Å²) in [7, 11) is 0. The van der Waals surface area contributed by atoms with Crippen molar-refractivity contribution < 1.29 is 19.1 Å². The number of phenolic OH excluding ortho intramolecular Hbond substituents is 1. The summed E-state index contributed by atoms with van der Waals surface area (Å²) in [4.78, 5) is 12.2. The first-order valence-electron chi connectivity index (χ1n) is 7.60. The van der Waals surface area contributed by atoms with E-state index in [0.29, 0.717) is 22.2 Å². The first-order valence-corrected chi connectivity index (χ1v) is 7.98. The Morgan fingerprint density at radius 3 is 2.72 bits per heavy atom. The third kappa shape index (κ3) is 3.95. The highest BCUT2D eigenvalue weighted by Crippen LogP contribution is 2.29. The molecule has 2 N–H and O–H groups in total. The topological polar surface area (TPSA) is 71.7 Å². The fourth-order valence-corrected chi connectivity index (χ4v) is 2.56. The zero-order valence-corrected chi connectivity index (χ0v) is 14.2. The van der Waals surface area contributed by atoms with Crippen molar-refractivity contribution in [3.8, 4) is 11.5 Å². The summed E-state index contributed by atoms with van der Waals surface area (Å²) in [5.41, 5.74) is 1.23. The van der Waals surface area contributed by atoms with E-state index in [9.17, 15) is 9.90 Å². The van der Waals surface area contributed by atoms with Crippen molar-refractivity contribution in [3.63, 3.8) is 0 Å². The van der Waals surface area contributed by atoms with Crippen LogP contribution in [-0.4, -0.2) is 11.0 Å². The van der Waals surface area contributed by atoms with Crippen molar-refractivity contribution in [3.05, 3.63) is 76.7 Å². The molecular formula is C19H16ClNO4. The molecule has 3 aromatic rings. The largest absolute Gasteiger partial charge is 0.506 e. The van der Waals surface area contributed by atoms with E-state index in [2.05, 4.69) is 5.32 Å². The zero-order chi connectivity index (χ0) is 17.8. The minimum Gasteiger partial charge on any atom is -0.506 e. The third-order valence-electron chi connectivity index (χ3n) is 3.56. The van der Waals surface area contributed by atoms with Crippen LogP contribution in [0, 0.1) is 6.92 Å². The van der Waals surface area contributed by atoms with Gasteiger partial charge in [0.2, 0.25) is 0 Å². The molecule has 0 aliphatic rings. The van der Waals surface area contributed by atoms with Crippen LogP contribution in [0.15, 0.2) is 59.0 Å². The lowest BCUT2D eigenvalue weighted by molar-refractivity contribution is 0.0992. The van der Waals surface area contributed by atoms with Crippen LogP contribution in [0.4, 0.5) is 5.69 Å². The molecule has 128 valence electrons. The summed E-state index contributed by atoms with van der Waals surface area (Å²) in [6.07, 6.45) is 0. The summed E-state index contributed by atoms with van der Waals surface area (Å²) in [6.45, 7) is 2.04. The quantitative estimate of drug-likeness (QED) is 0.645. The number of nitrogens with one attached hydrogen (secondary N) is 1. The van der Waals surface area contributed by atoms with E-state index in [1.807, 2.05) is 19.1 Å². The molecule has 0 saturated heterocycles. The number of halogens is 1. The van der Waals surface area contributed by atoms with Crippen molar-refractivity contribution >= 4 is 23.2 Å². The lowest BCUT2D eigenvalue weighted by Crippen LogP contribution is -2.10. The van der Waals surface area contributed by atoms with Gasteiger partial charge in [-0.25, -0.2) is 0 Å². The van der Waals surface area contributed by atoms with Crippen molar-refractivity contribution in [1.29, 1.82) is 0 Å². The number of hydrogen-bond acceptors (Lipinski definition) is 4. The Morgan fingerprint density at radius 1 is 1.16 bits per heavy atom. The van der Waals surface area contributed by atoms with E-state index >= 15 is 0 Å². The molecule has 5 nitrogen and oxygen atoms in total. The SMILES string of the molecule is Cc1cccc(Cl)c1OCc1ccc(C(=O)Nc2ccccc2O)o1. The molecular weight excluding hydrogens is 342 g/mol. The number of rotatable bonds is 5. The van der Waals surface area contributed by atoms with E-state index in [4.69, 9.17) is 20.8 Å². The third-order valence-corrected chi connectivity index (χ3v) is 3.86. The van der Waals surface area contributed by atoms with Crippen molar-refractivity contribution in [2.75, 3.05) is 5.32 Å². The molecule has 1 amide bonds. The second kappa shape index (κ2) is 7.32. The number of aryl methyl sites for hydroxylation is 1. The van der Waals surface area contributed by atoms with Gasteiger partial charge in [-0.2, -0.15) is 0 Å². The van der Waals surface area contributed by atoms with Gasteiger partial charge >= 0.3 is 0 Å². The average molecular weight is 358 g/mol. The number of aromatic hydroxyl groups is 1. The monoisotopic (exact) mass is 357 g/mol. The number of furan rings is 1. The average Bonchev–Trinajstić information content (AvgIpc) is 3.05. The first kappa shape index (κ1) is 16.9. The predicted octanol–water partition coefficient (Wildman–Crippen LogP) is 4.78. The lowest BCUT2D eigenvalue weighted by Gasteiger charge is -2.09. The van der Waals surface area contributed by atoms with Crippen LogP contribution in [0.2, 0.25) is 5.02 Å². The lowest BCUT2D eigenvalue weighted by atomic mass is 10.2. The number of amides is 1. The Balaban J connectivity index is 1.66. The molecule has 0 aliphatic heterocycles. The van der Waals surface area contributed by atoms with E-state index in [0.717, 1.165) is 5.56 Å². The molecule has 1 heterocycles. The highest BCUT2D eigenvalue weighted by molar-refractivity contribution is 6.32. The molecule has 0 aliphatic carbocycles. The minimum absolute atomic E-state index is 0.0137. The molecule has 6 heteroatoms. The van der Waals surface area contributed by atoms with Gasteiger partial charge in [0.25, 0.3) is 5.91 Å². The highest BCUT2D eigenvalue weighted by Gasteiger charge is 2.14. The van der Waals surface area contributed by atoms with Gasteiger partial charge in [0, 0.05) is 0 Å².